The highest BCUT2D eigenvalue weighted by Gasteiger charge is 2.50. The van der Waals surface area contributed by atoms with Crippen LogP contribution in [0.4, 0.5) is 0 Å². The average Bonchev–Trinajstić information content (AvgIpc) is 2.89. The van der Waals surface area contributed by atoms with Crippen molar-refractivity contribution in [3.8, 4) is 6.07 Å². The second-order valence-corrected chi connectivity index (χ2v) is 6.01. The van der Waals surface area contributed by atoms with E-state index in [9.17, 15) is 5.26 Å². The van der Waals surface area contributed by atoms with Gasteiger partial charge in [0.1, 0.15) is 0 Å². The summed E-state index contributed by atoms with van der Waals surface area (Å²) < 4.78 is 0. The van der Waals surface area contributed by atoms with Gasteiger partial charge in [0.05, 0.1) is 11.5 Å². The van der Waals surface area contributed by atoms with E-state index in [4.69, 9.17) is 0 Å². The van der Waals surface area contributed by atoms with Crippen LogP contribution in [0.2, 0.25) is 0 Å². The number of hydrogen-bond donors (Lipinski definition) is 0. The first-order chi connectivity index (χ1) is 7.80. The molecule has 90 valence electrons. The number of nitriles is 1. The summed E-state index contributed by atoms with van der Waals surface area (Å²) in [5.41, 5.74) is 0.106. The quantitative estimate of drug-likeness (QED) is 0.595. The fraction of sp³-hybridized carbons (Fsp3) is 0.933. The minimum absolute atomic E-state index is 0.106. The summed E-state index contributed by atoms with van der Waals surface area (Å²) in [6.07, 6.45) is 13.2. The molecule has 0 aliphatic heterocycles. The Kier molecular flexibility index (Phi) is 3.90. The maximum atomic E-state index is 9.49. The van der Waals surface area contributed by atoms with Crippen LogP contribution in [0.1, 0.15) is 71.1 Å². The third kappa shape index (κ3) is 2.26. The van der Waals surface area contributed by atoms with Gasteiger partial charge in [0.15, 0.2) is 0 Å². The summed E-state index contributed by atoms with van der Waals surface area (Å²) in [7, 11) is 0. The van der Waals surface area contributed by atoms with Crippen molar-refractivity contribution in [3.05, 3.63) is 0 Å². The van der Waals surface area contributed by atoms with Gasteiger partial charge in [-0.1, -0.05) is 45.4 Å². The summed E-state index contributed by atoms with van der Waals surface area (Å²) in [4.78, 5) is 0. The largest absolute Gasteiger partial charge is 0.198 e. The van der Waals surface area contributed by atoms with Crippen LogP contribution in [0, 0.1) is 28.6 Å². The van der Waals surface area contributed by atoms with Gasteiger partial charge in [0.2, 0.25) is 0 Å². The van der Waals surface area contributed by atoms with Crippen molar-refractivity contribution in [2.45, 2.75) is 71.1 Å². The number of fused-ring (bicyclic) bond motifs is 2. The predicted octanol–water partition coefficient (Wildman–Crippen LogP) is 4.68. The van der Waals surface area contributed by atoms with Crippen LogP contribution in [0.25, 0.3) is 0 Å². The molecule has 0 aromatic carbocycles. The molecule has 2 saturated carbocycles. The van der Waals surface area contributed by atoms with E-state index in [0.29, 0.717) is 0 Å². The van der Waals surface area contributed by atoms with Crippen molar-refractivity contribution in [1.29, 1.82) is 5.26 Å². The lowest BCUT2D eigenvalue weighted by Gasteiger charge is -2.31. The smallest absolute Gasteiger partial charge is 0.0692 e. The fourth-order valence-electron chi connectivity index (χ4n) is 3.99. The van der Waals surface area contributed by atoms with Crippen LogP contribution in [-0.4, -0.2) is 0 Å². The lowest BCUT2D eigenvalue weighted by Crippen LogP contribution is -2.25. The van der Waals surface area contributed by atoms with E-state index in [1.54, 1.807) is 0 Å². The van der Waals surface area contributed by atoms with E-state index in [0.717, 1.165) is 11.8 Å². The summed E-state index contributed by atoms with van der Waals surface area (Å²) in [5.74, 6) is 1.66. The van der Waals surface area contributed by atoms with E-state index in [2.05, 4.69) is 13.0 Å². The molecule has 1 nitrogen and oxygen atoms in total. The topological polar surface area (TPSA) is 23.8 Å². The zero-order valence-electron chi connectivity index (χ0n) is 10.7. The van der Waals surface area contributed by atoms with E-state index in [1.165, 1.54) is 64.2 Å². The van der Waals surface area contributed by atoms with Gasteiger partial charge in [0, 0.05) is 0 Å². The molecule has 0 saturated heterocycles. The molecule has 0 radical (unpaired) electrons. The lowest BCUT2D eigenvalue weighted by atomic mass is 9.71. The fourth-order valence-corrected chi connectivity index (χ4v) is 3.99. The normalized spacial score (nSPS) is 36.5. The number of nitrogens with zero attached hydrogens (tertiary/aromatic N) is 1. The monoisotopic (exact) mass is 219 g/mol. The van der Waals surface area contributed by atoms with Crippen molar-refractivity contribution in [2.75, 3.05) is 0 Å². The molecule has 0 spiro atoms. The number of unbranched alkanes of at least 4 members (excludes halogenated alkanes) is 4. The molecule has 2 bridgehead atoms. The van der Waals surface area contributed by atoms with Gasteiger partial charge in [0.25, 0.3) is 0 Å². The van der Waals surface area contributed by atoms with Gasteiger partial charge in [-0.3, -0.25) is 0 Å². The van der Waals surface area contributed by atoms with Crippen LogP contribution in [0.3, 0.4) is 0 Å². The van der Waals surface area contributed by atoms with Crippen molar-refractivity contribution >= 4 is 0 Å². The van der Waals surface area contributed by atoms with Crippen LogP contribution >= 0.6 is 0 Å². The standard InChI is InChI=1S/C15H25N/c1-2-3-4-5-6-9-15(12-16)11-13-7-8-14(15)10-13/h13-14H,2-11H2,1H3. The molecule has 16 heavy (non-hydrogen) atoms. The third-order valence-corrected chi connectivity index (χ3v) is 4.92. The average molecular weight is 219 g/mol. The molecule has 2 aliphatic carbocycles. The Bertz CT molecular complexity index is 265. The van der Waals surface area contributed by atoms with E-state index < -0.39 is 0 Å². The molecule has 2 aliphatic rings. The Balaban J connectivity index is 1.76. The Labute approximate surface area is 100 Å². The molecule has 0 aromatic heterocycles. The SMILES string of the molecule is CCCCCCCC1(C#N)CC2CCC1C2. The highest BCUT2D eigenvalue weighted by Crippen LogP contribution is 2.57. The van der Waals surface area contributed by atoms with Gasteiger partial charge in [-0.05, 0) is 37.5 Å². The Morgan fingerprint density at radius 3 is 2.56 bits per heavy atom. The molecule has 3 atom stereocenters. The zero-order chi connectivity index (χ0) is 11.4. The highest BCUT2D eigenvalue weighted by molar-refractivity contribution is 5.11. The van der Waals surface area contributed by atoms with Gasteiger partial charge in [-0.15, -0.1) is 0 Å². The molecular weight excluding hydrogens is 194 g/mol. The van der Waals surface area contributed by atoms with Crippen molar-refractivity contribution < 1.29 is 0 Å². The highest BCUT2D eigenvalue weighted by atomic mass is 14.5. The molecule has 0 aromatic rings. The van der Waals surface area contributed by atoms with Gasteiger partial charge >= 0.3 is 0 Å². The summed E-state index contributed by atoms with van der Waals surface area (Å²) in [5, 5.41) is 9.49. The van der Waals surface area contributed by atoms with Crippen LogP contribution < -0.4 is 0 Å². The molecular formula is C15H25N. The Morgan fingerprint density at radius 2 is 2.00 bits per heavy atom. The summed E-state index contributed by atoms with van der Waals surface area (Å²) in [6, 6.07) is 2.70. The summed E-state index contributed by atoms with van der Waals surface area (Å²) in [6.45, 7) is 2.26. The minimum atomic E-state index is 0.106. The minimum Gasteiger partial charge on any atom is -0.198 e. The molecule has 0 heterocycles. The van der Waals surface area contributed by atoms with E-state index in [-0.39, 0.29) is 5.41 Å². The molecule has 3 unspecified atom stereocenters. The Morgan fingerprint density at radius 1 is 1.19 bits per heavy atom. The number of hydrogen-bond acceptors (Lipinski definition) is 1. The van der Waals surface area contributed by atoms with Crippen LogP contribution in [-0.2, 0) is 0 Å². The second kappa shape index (κ2) is 5.21. The maximum absolute atomic E-state index is 9.49. The molecule has 2 rings (SSSR count). The first-order valence-electron chi connectivity index (χ1n) is 7.22. The maximum Gasteiger partial charge on any atom is 0.0692 e. The molecule has 0 N–H and O–H groups in total. The van der Waals surface area contributed by atoms with Gasteiger partial charge < -0.3 is 0 Å². The van der Waals surface area contributed by atoms with Crippen molar-refractivity contribution in [3.63, 3.8) is 0 Å². The third-order valence-electron chi connectivity index (χ3n) is 4.92. The van der Waals surface area contributed by atoms with Crippen LogP contribution in [0.5, 0.6) is 0 Å². The van der Waals surface area contributed by atoms with Crippen molar-refractivity contribution in [1.82, 2.24) is 0 Å². The molecule has 2 fully saturated rings. The lowest BCUT2D eigenvalue weighted by molar-refractivity contribution is 0.216. The molecule has 1 heteroatoms. The first-order valence-corrected chi connectivity index (χ1v) is 7.22. The molecule has 0 amide bonds. The van der Waals surface area contributed by atoms with Gasteiger partial charge in [-0.2, -0.15) is 5.26 Å². The first kappa shape index (κ1) is 12.0. The number of rotatable bonds is 6. The van der Waals surface area contributed by atoms with E-state index >= 15 is 0 Å². The zero-order valence-corrected chi connectivity index (χ0v) is 10.7. The second-order valence-electron chi connectivity index (χ2n) is 6.01. The van der Waals surface area contributed by atoms with Crippen LogP contribution in [0.15, 0.2) is 0 Å². The van der Waals surface area contributed by atoms with E-state index in [1.807, 2.05) is 0 Å². The Hall–Kier alpha value is -0.510. The van der Waals surface area contributed by atoms with Gasteiger partial charge in [-0.25, -0.2) is 0 Å². The predicted molar refractivity (Wildman–Crippen MR) is 66.9 cm³/mol. The van der Waals surface area contributed by atoms with Crippen molar-refractivity contribution in [2.24, 2.45) is 17.3 Å². The summed E-state index contributed by atoms with van der Waals surface area (Å²) >= 11 is 0.